The fourth-order valence-corrected chi connectivity index (χ4v) is 2.87. The molecule has 5 nitrogen and oxygen atoms in total. The van der Waals surface area contributed by atoms with E-state index < -0.39 is 0 Å². The lowest BCUT2D eigenvalue weighted by atomic mass is 10.1. The van der Waals surface area contributed by atoms with Gasteiger partial charge >= 0.3 is 0 Å². The van der Waals surface area contributed by atoms with Crippen molar-refractivity contribution in [3.63, 3.8) is 0 Å². The van der Waals surface area contributed by atoms with Crippen molar-refractivity contribution in [2.45, 2.75) is 13.0 Å². The van der Waals surface area contributed by atoms with Crippen LogP contribution < -0.4 is 14.4 Å². The fraction of sp³-hybridized carbons (Fsp3) is 0.182. The highest BCUT2D eigenvalue weighted by atomic mass is 16.5. The zero-order valence-electron chi connectivity index (χ0n) is 15.5. The molecule has 3 aromatic rings. The lowest BCUT2D eigenvalue weighted by molar-refractivity contribution is -0.118. The number of pyridine rings is 1. The average molecular weight is 362 g/mol. The molecule has 1 amide bonds. The van der Waals surface area contributed by atoms with E-state index in [0.717, 1.165) is 16.8 Å². The van der Waals surface area contributed by atoms with Gasteiger partial charge in [-0.15, -0.1) is 0 Å². The lowest BCUT2D eigenvalue weighted by Crippen LogP contribution is -2.31. The van der Waals surface area contributed by atoms with Gasteiger partial charge in [-0.3, -0.25) is 9.78 Å². The van der Waals surface area contributed by atoms with Crippen LogP contribution in [-0.4, -0.2) is 25.1 Å². The number of carbonyl (C=O) groups is 1. The van der Waals surface area contributed by atoms with Crippen molar-refractivity contribution >= 4 is 11.6 Å². The van der Waals surface area contributed by atoms with Crippen molar-refractivity contribution in [1.29, 1.82) is 0 Å². The van der Waals surface area contributed by atoms with Crippen LogP contribution in [0.3, 0.4) is 0 Å². The van der Waals surface area contributed by atoms with Crippen molar-refractivity contribution in [2.24, 2.45) is 0 Å². The number of nitrogens with zero attached hydrogens (tertiary/aromatic N) is 2. The number of anilines is 1. The van der Waals surface area contributed by atoms with E-state index in [-0.39, 0.29) is 12.3 Å². The summed E-state index contributed by atoms with van der Waals surface area (Å²) in [6, 6.07) is 19.0. The predicted octanol–water partition coefficient (Wildman–Crippen LogP) is 3.87. The van der Waals surface area contributed by atoms with Gasteiger partial charge in [0.05, 0.1) is 27.2 Å². The molecular weight excluding hydrogens is 340 g/mol. The summed E-state index contributed by atoms with van der Waals surface area (Å²) < 4.78 is 10.6. The van der Waals surface area contributed by atoms with Gasteiger partial charge < -0.3 is 14.4 Å². The zero-order valence-corrected chi connectivity index (χ0v) is 15.5. The van der Waals surface area contributed by atoms with E-state index in [4.69, 9.17) is 9.47 Å². The number of ether oxygens (including phenoxy) is 2. The number of para-hydroxylation sites is 1. The van der Waals surface area contributed by atoms with Crippen LogP contribution in [0.1, 0.15) is 11.1 Å². The van der Waals surface area contributed by atoms with Crippen LogP contribution in [-0.2, 0) is 17.8 Å². The first kappa shape index (κ1) is 18.5. The van der Waals surface area contributed by atoms with Gasteiger partial charge in [-0.05, 0) is 41.5 Å². The van der Waals surface area contributed by atoms with E-state index in [1.165, 1.54) is 0 Å². The SMILES string of the molecule is COc1ccc(CC(=O)N(Cc2cccnc2)c2ccccc2)cc1OC. The first-order valence-electron chi connectivity index (χ1n) is 8.66. The molecule has 1 heterocycles. The summed E-state index contributed by atoms with van der Waals surface area (Å²) in [6.07, 6.45) is 3.76. The second kappa shape index (κ2) is 8.85. The number of amides is 1. The number of rotatable bonds is 7. The van der Waals surface area contributed by atoms with Crippen LogP contribution in [0.2, 0.25) is 0 Å². The van der Waals surface area contributed by atoms with Gasteiger partial charge in [0.2, 0.25) is 5.91 Å². The number of hydrogen-bond donors (Lipinski definition) is 0. The smallest absolute Gasteiger partial charge is 0.231 e. The maximum absolute atomic E-state index is 13.1. The molecule has 0 radical (unpaired) electrons. The van der Waals surface area contributed by atoms with E-state index in [1.807, 2.05) is 60.7 Å². The third kappa shape index (κ3) is 4.64. The highest BCUT2D eigenvalue weighted by Gasteiger charge is 2.17. The molecule has 5 heteroatoms. The predicted molar refractivity (Wildman–Crippen MR) is 105 cm³/mol. The Labute approximate surface area is 159 Å². The Morgan fingerprint density at radius 3 is 2.37 bits per heavy atom. The summed E-state index contributed by atoms with van der Waals surface area (Å²) >= 11 is 0. The molecular formula is C22H22N2O3. The Bertz CT molecular complexity index is 883. The van der Waals surface area contributed by atoms with Crippen molar-refractivity contribution in [1.82, 2.24) is 4.98 Å². The average Bonchev–Trinajstić information content (AvgIpc) is 2.73. The van der Waals surface area contributed by atoms with Crippen molar-refractivity contribution in [3.05, 3.63) is 84.2 Å². The molecule has 0 N–H and O–H groups in total. The first-order valence-corrected chi connectivity index (χ1v) is 8.66. The molecule has 27 heavy (non-hydrogen) atoms. The highest BCUT2D eigenvalue weighted by molar-refractivity contribution is 5.94. The molecule has 0 bridgehead atoms. The van der Waals surface area contributed by atoms with Crippen molar-refractivity contribution in [2.75, 3.05) is 19.1 Å². The molecule has 0 saturated carbocycles. The van der Waals surface area contributed by atoms with Crippen LogP contribution in [0, 0.1) is 0 Å². The van der Waals surface area contributed by atoms with Gasteiger partial charge in [0.1, 0.15) is 0 Å². The Hall–Kier alpha value is -3.34. The molecule has 0 aliphatic rings. The summed E-state index contributed by atoms with van der Waals surface area (Å²) in [7, 11) is 3.18. The molecule has 0 atom stereocenters. The van der Waals surface area contributed by atoms with Crippen molar-refractivity contribution < 1.29 is 14.3 Å². The van der Waals surface area contributed by atoms with E-state index in [1.54, 1.807) is 31.5 Å². The molecule has 2 aromatic carbocycles. The minimum Gasteiger partial charge on any atom is -0.493 e. The van der Waals surface area contributed by atoms with E-state index in [9.17, 15) is 4.79 Å². The maximum Gasteiger partial charge on any atom is 0.231 e. The lowest BCUT2D eigenvalue weighted by Gasteiger charge is -2.23. The van der Waals surface area contributed by atoms with Crippen LogP contribution in [0.15, 0.2) is 73.1 Å². The third-order valence-corrected chi connectivity index (χ3v) is 4.24. The Kier molecular flexibility index (Phi) is 6.05. The Morgan fingerprint density at radius 1 is 0.926 bits per heavy atom. The van der Waals surface area contributed by atoms with E-state index in [0.29, 0.717) is 18.0 Å². The number of aromatic nitrogens is 1. The van der Waals surface area contributed by atoms with Crippen LogP contribution >= 0.6 is 0 Å². The summed E-state index contributed by atoms with van der Waals surface area (Å²) in [5, 5.41) is 0. The molecule has 0 fully saturated rings. The van der Waals surface area contributed by atoms with Gasteiger partial charge in [0, 0.05) is 18.1 Å². The van der Waals surface area contributed by atoms with E-state index >= 15 is 0 Å². The summed E-state index contributed by atoms with van der Waals surface area (Å²) in [4.78, 5) is 19.0. The van der Waals surface area contributed by atoms with Gasteiger partial charge in [-0.1, -0.05) is 30.3 Å². The topological polar surface area (TPSA) is 51.7 Å². The maximum atomic E-state index is 13.1. The van der Waals surface area contributed by atoms with Crippen LogP contribution in [0.5, 0.6) is 11.5 Å². The summed E-state index contributed by atoms with van der Waals surface area (Å²) in [5.41, 5.74) is 2.69. The second-order valence-electron chi connectivity index (χ2n) is 6.04. The second-order valence-corrected chi connectivity index (χ2v) is 6.04. The van der Waals surface area contributed by atoms with Crippen molar-refractivity contribution in [3.8, 4) is 11.5 Å². The molecule has 0 aliphatic carbocycles. The van der Waals surface area contributed by atoms with Crippen LogP contribution in [0.25, 0.3) is 0 Å². The molecule has 3 rings (SSSR count). The highest BCUT2D eigenvalue weighted by Crippen LogP contribution is 2.28. The standard InChI is InChI=1S/C22H22N2O3/c1-26-20-11-10-17(13-21(20)27-2)14-22(25)24(19-8-4-3-5-9-19)16-18-7-6-12-23-15-18/h3-13,15H,14,16H2,1-2H3. The normalized spacial score (nSPS) is 10.3. The number of carbonyl (C=O) groups excluding carboxylic acids is 1. The Balaban J connectivity index is 1.85. The first-order chi connectivity index (χ1) is 13.2. The van der Waals surface area contributed by atoms with Gasteiger partial charge in [0.15, 0.2) is 11.5 Å². The summed E-state index contributed by atoms with van der Waals surface area (Å²) in [5.74, 6) is 1.25. The third-order valence-electron chi connectivity index (χ3n) is 4.24. The number of hydrogen-bond acceptors (Lipinski definition) is 4. The summed E-state index contributed by atoms with van der Waals surface area (Å²) in [6.45, 7) is 0.462. The Morgan fingerprint density at radius 2 is 1.70 bits per heavy atom. The monoisotopic (exact) mass is 362 g/mol. The number of benzene rings is 2. The molecule has 1 aromatic heterocycles. The molecule has 0 unspecified atom stereocenters. The molecule has 0 saturated heterocycles. The molecule has 0 spiro atoms. The minimum absolute atomic E-state index is 0.00253. The van der Waals surface area contributed by atoms with E-state index in [2.05, 4.69) is 4.98 Å². The zero-order chi connectivity index (χ0) is 19.1. The molecule has 0 aliphatic heterocycles. The quantitative estimate of drug-likeness (QED) is 0.640. The fourth-order valence-electron chi connectivity index (χ4n) is 2.87. The molecule has 138 valence electrons. The minimum atomic E-state index is -0.00253. The van der Waals surface area contributed by atoms with Crippen LogP contribution in [0.4, 0.5) is 5.69 Å². The van der Waals surface area contributed by atoms with Gasteiger partial charge in [-0.2, -0.15) is 0 Å². The largest absolute Gasteiger partial charge is 0.493 e. The van der Waals surface area contributed by atoms with Gasteiger partial charge in [-0.25, -0.2) is 0 Å². The van der Waals surface area contributed by atoms with Gasteiger partial charge in [0.25, 0.3) is 0 Å². The number of methoxy groups -OCH3 is 2.